The molecule has 0 N–H and O–H groups in total. The van der Waals surface area contributed by atoms with Gasteiger partial charge in [-0.1, -0.05) is 53.6 Å². The summed E-state index contributed by atoms with van der Waals surface area (Å²) < 4.78 is 0. The van der Waals surface area contributed by atoms with Gasteiger partial charge in [0.1, 0.15) is 0 Å². The zero-order valence-electron chi connectivity index (χ0n) is 9.74. The fourth-order valence-corrected chi connectivity index (χ4v) is 2.32. The number of hydrogen-bond acceptors (Lipinski definition) is 1. The zero-order valence-corrected chi connectivity index (χ0v) is 9.74. The minimum absolute atomic E-state index is 0.693. The number of rotatable bonds is 1. The smallest absolute Gasteiger partial charge is 0.0456 e. The van der Waals surface area contributed by atoms with Gasteiger partial charge in [-0.2, -0.15) is 0 Å². The first-order chi connectivity index (χ1) is 8.88. The average molecular weight is 233 g/mol. The van der Waals surface area contributed by atoms with E-state index in [9.17, 15) is 0 Å². The van der Waals surface area contributed by atoms with Gasteiger partial charge >= 0.3 is 0 Å². The van der Waals surface area contributed by atoms with Crippen LogP contribution in [0.2, 0.25) is 0 Å². The van der Waals surface area contributed by atoms with Crippen molar-refractivity contribution in [2.45, 2.75) is 6.42 Å². The van der Waals surface area contributed by atoms with E-state index in [1.54, 1.807) is 0 Å². The topological polar surface area (TPSA) is 48.8 Å². The minimum atomic E-state index is 0.693. The number of fused-ring (bicyclic) bond motifs is 2. The van der Waals surface area contributed by atoms with Crippen molar-refractivity contribution in [1.29, 1.82) is 0 Å². The SMILES string of the molecule is [N-]=[N+]=NC1=Cc2ccccc2Cc2ccccc21. The molecule has 3 nitrogen and oxygen atoms in total. The molecule has 3 rings (SSSR count). The van der Waals surface area contributed by atoms with Crippen LogP contribution < -0.4 is 0 Å². The summed E-state index contributed by atoms with van der Waals surface area (Å²) in [6.07, 6.45) is 2.83. The summed E-state index contributed by atoms with van der Waals surface area (Å²) in [4.78, 5) is 2.93. The first-order valence-corrected chi connectivity index (χ1v) is 5.81. The second-order valence-electron chi connectivity index (χ2n) is 4.25. The second-order valence-corrected chi connectivity index (χ2v) is 4.25. The maximum atomic E-state index is 8.70. The van der Waals surface area contributed by atoms with Crippen molar-refractivity contribution in [2.75, 3.05) is 0 Å². The fourth-order valence-electron chi connectivity index (χ4n) is 2.32. The Bertz CT molecular complexity index is 680. The Kier molecular flexibility index (Phi) is 2.60. The van der Waals surface area contributed by atoms with Gasteiger partial charge in [-0.3, -0.25) is 0 Å². The molecule has 0 aromatic heterocycles. The van der Waals surface area contributed by atoms with Crippen molar-refractivity contribution in [3.63, 3.8) is 0 Å². The van der Waals surface area contributed by atoms with Gasteiger partial charge in [0.15, 0.2) is 0 Å². The third kappa shape index (κ3) is 1.77. The van der Waals surface area contributed by atoms with Gasteiger partial charge < -0.3 is 0 Å². The number of azide groups is 1. The second kappa shape index (κ2) is 4.40. The molecule has 0 bridgehead atoms. The van der Waals surface area contributed by atoms with Gasteiger partial charge in [0, 0.05) is 10.6 Å². The van der Waals surface area contributed by atoms with Gasteiger partial charge in [-0.05, 0) is 40.3 Å². The standard InChI is InChI=1S/C15H11N3/c16-18-17-15-10-12-6-2-1-5-11(12)9-13-7-3-4-8-14(13)15/h1-8,10H,9H2. The molecule has 0 atom stereocenters. The molecule has 2 aromatic rings. The van der Waals surface area contributed by atoms with Gasteiger partial charge in [-0.15, -0.1) is 0 Å². The lowest BCUT2D eigenvalue weighted by Crippen LogP contribution is -1.92. The summed E-state index contributed by atoms with van der Waals surface area (Å²) in [5.74, 6) is 0. The predicted octanol–water partition coefficient (Wildman–Crippen LogP) is 4.40. The summed E-state index contributed by atoms with van der Waals surface area (Å²) >= 11 is 0. The van der Waals surface area contributed by atoms with Crippen molar-refractivity contribution in [2.24, 2.45) is 5.11 Å². The van der Waals surface area contributed by atoms with E-state index in [0.29, 0.717) is 5.70 Å². The van der Waals surface area contributed by atoms with Crippen LogP contribution in [0.3, 0.4) is 0 Å². The molecule has 0 heterocycles. The largest absolute Gasteiger partial charge is 0.0619 e. The summed E-state index contributed by atoms with van der Waals surface area (Å²) in [5.41, 5.74) is 14.0. The molecular weight excluding hydrogens is 222 g/mol. The summed E-state index contributed by atoms with van der Waals surface area (Å²) in [6.45, 7) is 0. The molecule has 1 aliphatic carbocycles. The Morgan fingerprint density at radius 1 is 0.944 bits per heavy atom. The molecule has 0 unspecified atom stereocenters. The van der Waals surface area contributed by atoms with E-state index < -0.39 is 0 Å². The summed E-state index contributed by atoms with van der Waals surface area (Å²) in [7, 11) is 0. The maximum Gasteiger partial charge on any atom is 0.0456 e. The molecule has 1 aliphatic rings. The average Bonchev–Trinajstić information content (AvgIpc) is 2.56. The molecule has 0 fully saturated rings. The van der Waals surface area contributed by atoms with E-state index in [1.165, 1.54) is 11.1 Å². The first-order valence-electron chi connectivity index (χ1n) is 5.81. The molecule has 0 radical (unpaired) electrons. The van der Waals surface area contributed by atoms with Crippen LogP contribution in [0.15, 0.2) is 53.6 Å². The third-order valence-corrected chi connectivity index (χ3v) is 3.17. The van der Waals surface area contributed by atoms with E-state index in [0.717, 1.165) is 17.5 Å². The molecule has 86 valence electrons. The van der Waals surface area contributed by atoms with Crippen molar-refractivity contribution < 1.29 is 0 Å². The van der Waals surface area contributed by atoms with E-state index in [4.69, 9.17) is 5.53 Å². The molecule has 3 heteroatoms. The van der Waals surface area contributed by atoms with Gasteiger partial charge in [0.05, 0.1) is 0 Å². The van der Waals surface area contributed by atoms with Crippen molar-refractivity contribution >= 4 is 11.8 Å². The zero-order chi connectivity index (χ0) is 12.4. The molecule has 0 aliphatic heterocycles. The predicted molar refractivity (Wildman–Crippen MR) is 72.7 cm³/mol. The van der Waals surface area contributed by atoms with E-state index in [2.05, 4.69) is 22.2 Å². The summed E-state index contributed by atoms with van der Waals surface area (Å²) in [5, 5.41) is 3.83. The monoisotopic (exact) mass is 233 g/mol. The molecular formula is C15H11N3. The Morgan fingerprint density at radius 2 is 1.67 bits per heavy atom. The van der Waals surface area contributed by atoms with Gasteiger partial charge in [0.25, 0.3) is 0 Å². The van der Waals surface area contributed by atoms with Crippen LogP contribution in [-0.2, 0) is 6.42 Å². The normalized spacial score (nSPS) is 12.6. The molecule has 0 spiro atoms. The summed E-state index contributed by atoms with van der Waals surface area (Å²) in [6, 6.07) is 16.3. The van der Waals surface area contributed by atoms with Gasteiger partial charge in [-0.25, -0.2) is 0 Å². The van der Waals surface area contributed by atoms with E-state index >= 15 is 0 Å². The maximum absolute atomic E-state index is 8.70. The molecule has 0 saturated heterocycles. The minimum Gasteiger partial charge on any atom is -0.0619 e. The lowest BCUT2D eigenvalue weighted by molar-refractivity contribution is 1.18. The van der Waals surface area contributed by atoms with Crippen molar-refractivity contribution in [1.82, 2.24) is 0 Å². The molecule has 18 heavy (non-hydrogen) atoms. The highest BCUT2D eigenvalue weighted by molar-refractivity contribution is 5.84. The van der Waals surface area contributed by atoms with E-state index in [-0.39, 0.29) is 0 Å². The highest BCUT2D eigenvalue weighted by Crippen LogP contribution is 2.30. The molecule has 0 amide bonds. The number of benzene rings is 2. The van der Waals surface area contributed by atoms with Crippen LogP contribution in [0.5, 0.6) is 0 Å². The van der Waals surface area contributed by atoms with Crippen molar-refractivity contribution in [3.05, 3.63) is 81.2 Å². The molecule has 0 saturated carbocycles. The Balaban J connectivity index is 2.29. The highest BCUT2D eigenvalue weighted by atomic mass is 15.1. The first kappa shape index (κ1) is 10.6. The van der Waals surface area contributed by atoms with Crippen LogP contribution in [0.1, 0.15) is 22.3 Å². The van der Waals surface area contributed by atoms with Crippen LogP contribution in [0.4, 0.5) is 0 Å². The van der Waals surface area contributed by atoms with Crippen LogP contribution in [0.25, 0.3) is 22.2 Å². The lowest BCUT2D eigenvalue weighted by atomic mass is 10.00. The van der Waals surface area contributed by atoms with Crippen molar-refractivity contribution in [3.8, 4) is 0 Å². The Morgan fingerprint density at radius 3 is 2.50 bits per heavy atom. The number of hydrogen-bond donors (Lipinski definition) is 0. The Labute approximate surface area is 105 Å². The molecule has 2 aromatic carbocycles. The fraction of sp³-hybridized carbons (Fsp3) is 0.0667. The van der Waals surface area contributed by atoms with E-state index in [1.807, 2.05) is 42.5 Å². The lowest BCUT2D eigenvalue weighted by Gasteiger charge is -2.06. The highest BCUT2D eigenvalue weighted by Gasteiger charge is 2.13. The van der Waals surface area contributed by atoms with Crippen LogP contribution >= 0.6 is 0 Å². The van der Waals surface area contributed by atoms with Crippen LogP contribution in [0, 0.1) is 0 Å². The van der Waals surface area contributed by atoms with Gasteiger partial charge in [0.2, 0.25) is 0 Å². The number of nitrogens with zero attached hydrogens (tertiary/aromatic N) is 3. The van der Waals surface area contributed by atoms with Crippen LogP contribution in [-0.4, -0.2) is 0 Å². The Hall–Kier alpha value is -2.51. The quantitative estimate of drug-likeness (QED) is 0.398. The third-order valence-electron chi connectivity index (χ3n) is 3.17.